The first-order valence-electron chi connectivity index (χ1n) is 11.8. The molecule has 0 amide bonds. The van der Waals surface area contributed by atoms with Crippen molar-refractivity contribution in [1.29, 1.82) is 0 Å². The van der Waals surface area contributed by atoms with Gasteiger partial charge in [0.25, 0.3) is 0 Å². The number of unbranched alkanes of at least 4 members (excludes halogenated alkanes) is 5. The molecule has 0 saturated heterocycles. The Kier molecular flexibility index (Phi) is 7.63. The number of hydrogen-bond donors (Lipinski definition) is 1. The molecule has 3 rings (SSSR count). The van der Waals surface area contributed by atoms with Crippen LogP contribution in [0.5, 0.6) is 5.75 Å². The molecule has 2 nitrogen and oxygen atoms in total. The van der Waals surface area contributed by atoms with Gasteiger partial charge in [-0.05, 0) is 59.3 Å². The van der Waals surface area contributed by atoms with Gasteiger partial charge in [0.1, 0.15) is 5.75 Å². The maximum atomic E-state index is 8.85. The third-order valence-electron chi connectivity index (χ3n) is 6.86. The fourth-order valence-electron chi connectivity index (χ4n) is 4.69. The van der Waals surface area contributed by atoms with Crippen molar-refractivity contribution in [1.82, 2.24) is 0 Å². The van der Waals surface area contributed by atoms with Crippen LogP contribution in [-0.2, 0) is 10.8 Å². The first kappa shape index (κ1) is 22.9. The number of benzene rings is 2. The Hall–Kier alpha value is -1.80. The van der Waals surface area contributed by atoms with E-state index in [9.17, 15) is 0 Å². The summed E-state index contributed by atoms with van der Waals surface area (Å²) in [7, 11) is 0. The fourth-order valence-corrected chi connectivity index (χ4v) is 4.69. The SMILES string of the molecule is CC1(C)CCC(C)(C)c2cc(-c3ccccc3OCCCCCCCCO)ccc21. The van der Waals surface area contributed by atoms with Crippen molar-refractivity contribution in [3.8, 4) is 16.9 Å². The summed E-state index contributed by atoms with van der Waals surface area (Å²) in [4.78, 5) is 0. The lowest BCUT2D eigenvalue weighted by Gasteiger charge is -2.42. The molecular formula is C28H40O2. The van der Waals surface area contributed by atoms with E-state index in [0.29, 0.717) is 6.61 Å². The number of fused-ring (bicyclic) bond motifs is 1. The van der Waals surface area contributed by atoms with Crippen LogP contribution >= 0.6 is 0 Å². The van der Waals surface area contributed by atoms with Gasteiger partial charge in [-0.25, -0.2) is 0 Å². The van der Waals surface area contributed by atoms with Crippen molar-refractivity contribution in [3.05, 3.63) is 53.6 Å². The molecule has 30 heavy (non-hydrogen) atoms. The molecule has 0 saturated carbocycles. The van der Waals surface area contributed by atoms with Crippen molar-refractivity contribution >= 4 is 0 Å². The third kappa shape index (κ3) is 5.46. The topological polar surface area (TPSA) is 29.5 Å². The molecule has 0 aliphatic heterocycles. The van der Waals surface area contributed by atoms with Gasteiger partial charge in [0.2, 0.25) is 0 Å². The van der Waals surface area contributed by atoms with E-state index in [2.05, 4.69) is 70.2 Å². The van der Waals surface area contributed by atoms with Crippen LogP contribution in [0.15, 0.2) is 42.5 Å². The molecule has 1 aliphatic carbocycles. The first-order chi connectivity index (χ1) is 14.3. The van der Waals surface area contributed by atoms with Crippen molar-refractivity contribution in [2.24, 2.45) is 0 Å². The quantitative estimate of drug-likeness (QED) is 0.415. The van der Waals surface area contributed by atoms with Crippen LogP contribution in [0, 0.1) is 0 Å². The Morgan fingerprint density at radius 2 is 1.40 bits per heavy atom. The predicted octanol–water partition coefficient (Wildman–Crippen LogP) is 7.41. The summed E-state index contributed by atoms with van der Waals surface area (Å²) < 4.78 is 6.22. The van der Waals surface area contributed by atoms with Crippen LogP contribution in [0.2, 0.25) is 0 Å². The second kappa shape index (κ2) is 10.0. The highest BCUT2D eigenvalue weighted by atomic mass is 16.5. The zero-order valence-electron chi connectivity index (χ0n) is 19.5. The largest absolute Gasteiger partial charge is 0.493 e. The van der Waals surface area contributed by atoms with E-state index in [1.165, 1.54) is 54.4 Å². The molecule has 0 spiro atoms. The smallest absolute Gasteiger partial charge is 0.127 e. The Morgan fingerprint density at radius 3 is 2.13 bits per heavy atom. The van der Waals surface area contributed by atoms with E-state index in [0.717, 1.165) is 31.6 Å². The summed E-state index contributed by atoms with van der Waals surface area (Å²) in [5, 5.41) is 8.85. The van der Waals surface area contributed by atoms with E-state index in [-0.39, 0.29) is 10.8 Å². The monoisotopic (exact) mass is 408 g/mol. The van der Waals surface area contributed by atoms with Gasteiger partial charge in [-0.1, -0.05) is 89.8 Å². The second-order valence-corrected chi connectivity index (χ2v) is 10.2. The molecule has 0 aromatic heterocycles. The lowest BCUT2D eigenvalue weighted by Crippen LogP contribution is -2.33. The van der Waals surface area contributed by atoms with Crippen molar-refractivity contribution in [3.63, 3.8) is 0 Å². The Labute approximate surface area is 183 Å². The van der Waals surface area contributed by atoms with Crippen LogP contribution < -0.4 is 4.74 Å². The molecule has 0 unspecified atom stereocenters. The zero-order chi connectivity index (χ0) is 21.6. The number of aliphatic hydroxyl groups is 1. The minimum Gasteiger partial charge on any atom is -0.493 e. The summed E-state index contributed by atoms with van der Waals surface area (Å²) in [5.41, 5.74) is 5.92. The highest BCUT2D eigenvalue weighted by Crippen LogP contribution is 2.47. The molecule has 0 radical (unpaired) electrons. The van der Waals surface area contributed by atoms with Crippen molar-refractivity contribution in [2.45, 2.75) is 89.9 Å². The molecular weight excluding hydrogens is 368 g/mol. The number of rotatable bonds is 10. The lowest BCUT2D eigenvalue weighted by molar-refractivity contribution is 0.280. The first-order valence-corrected chi connectivity index (χ1v) is 11.8. The Balaban J connectivity index is 1.70. The molecule has 0 heterocycles. The van der Waals surface area contributed by atoms with Gasteiger partial charge in [-0.2, -0.15) is 0 Å². The van der Waals surface area contributed by atoms with Gasteiger partial charge in [-0.15, -0.1) is 0 Å². The van der Waals surface area contributed by atoms with Crippen molar-refractivity contribution in [2.75, 3.05) is 13.2 Å². The van der Waals surface area contributed by atoms with Gasteiger partial charge in [0.15, 0.2) is 0 Å². The van der Waals surface area contributed by atoms with E-state index >= 15 is 0 Å². The van der Waals surface area contributed by atoms with E-state index in [1.807, 2.05) is 0 Å². The molecule has 2 aromatic rings. The molecule has 0 atom stereocenters. The maximum absolute atomic E-state index is 8.85. The molecule has 1 aliphatic rings. The Morgan fingerprint density at radius 1 is 0.767 bits per heavy atom. The zero-order valence-corrected chi connectivity index (χ0v) is 19.5. The van der Waals surface area contributed by atoms with E-state index in [4.69, 9.17) is 9.84 Å². The molecule has 1 N–H and O–H groups in total. The summed E-state index contributed by atoms with van der Waals surface area (Å²) >= 11 is 0. The van der Waals surface area contributed by atoms with Crippen LogP contribution in [0.3, 0.4) is 0 Å². The van der Waals surface area contributed by atoms with Gasteiger partial charge >= 0.3 is 0 Å². The number of hydrogen-bond acceptors (Lipinski definition) is 2. The summed E-state index contributed by atoms with van der Waals surface area (Å²) in [6.45, 7) is 10.6. The highest BCUT2D eigenvalue weighted by Gasteiger charge is 2.37. The van der Waals surface area contributed by atoms with Crippen LogP contribution in [0.4, 0.5) is 0 Å². The van der Waals surface area contributed by atoms with Crippen LogP contribution in [-0.4, -0.2) is 18.3 Å². The molecule has 2 aromatic carbocycles. The summed E-state index contributed by atoms with van der Waals surface area (Å²) in [6.07, 6.45) is 9.23. The fraction of sp³-hybridized carbons (Fsp3) is 0.571. The average Bonchev–Trinajstić information content (AvgIpc) is 2.73. The predicted molar refractivity (Wildman–Crippen MR) is 127 cm³/mol. The van der Waals surface area contributed by atoms with Crippen molar-refractivity contribution < 1.29 is 9.84 Å². The minimum absolute atomic E-state index is 0.215. The number of ether oxygens (including phenoxy) is 1. The molecule has 164 valence electrons. The van der Waals surface area contributed by atoms with Gasteiger partial charge in [0.05, 0.1) is 6.61 Å². The van der Waals surface area contributed by atoms with Gasteiger partial charge < -0.3 is 9.84 Å². The standard InChI is InChI=1S/C28H40O2/c1-27(2)17-18-28(3,4)25-21-22(15-16-24(25)27)23-13-9-10-14-26(23)30-20-12-8-6-5-7-11-19-29/h9-10,13-16,21,29H,5-8,11-12,17-20H2,1-4H3. The van der Waals surface area contributed by atoms with E-state index in [1.54, 1.807) is 0 Å². The normalized spacial score (nSPS) is 16.8. The minimum atomic E-state index is 0.215. The molecule has 0 fully saturated rings. The Bertz CT molecular complexity index is 819. The van der Waals surface area contributed by atoms with Gasteiger partial charge in [0, 0.05) is 12.2 Å². The summed E-state index contributed by atoms with van der Waals surface area (Å²) in [6, 6.07) is 15.5. The van der Waals surface area contributed by atoms with Gasteiger partial charge in [-0.3, -0.25) is 0 Å². The van der Waals surface area contributed by atoms with Crippen LogP contribution in [0.25, 0.3) is 11.1 Å². The number of para-hydroxylation sites is 1. The third-order valence-corrected chi connectivity index (χ3v) is 6.86. The lowest BCUT2D eigenvalue weighted by atomic mass is 9.63. The van der Waals surface area contributed by atoms with E-state index < -0.39 is 0 Å². The second-order valence-electron chi connectivity index (χ2n) is 10.2. The van der Waals surface area contributed by atoms with Crippen LogP contribution in [0.1, 0.15) is 90.2 Å². The summed E-state index contributed by atoms with van der Waals surface area (Å²) in [5.74, 6) is 0.991. The number of aliphatic hydroxyl groups excluding tert-OH is 1. The average molecular weight is 409 g/mol. The maximum Gasteiger partial charge on any atom is 0.127 e. The molecule has 0 bridgehead atoms. The molecule has 2 heteroatoms. The highest BCUT2D eigenvalue weighted by molar-refractivity contribution is 5.72.